The van der Waals surface area contributed by atoms with Crippen LogP contribution in [0.5, 0.6) is 0 Å². The van der Waals surface area contributed by atoms with E-state index in [9.17, 15) is 4.79 Å². The lowest BCUT2D eigenvalue weighted by molar-refractivity contribution is -0.121. The summed E-state index contributed by atoms with van der Waals surface area (Å²) in [5.41, 5.74) is 0. The summed E-state index contributed by atoms with van der Waals surface area (Å²) in [7, 11) is 2.06. The first-order chi connectivity index (χ1) is 7.09. The zero-order valence-electron chi connectivity index (χ0n) is 10.2. The highest BCUT2D eigenvalue weighted by Crippen LogP contribution is 2.21. The molecule has 0 bridgehead atoms. The Hall–Kier alpha value is -0.410. The lowest BCUT2D eigenvalue weighted by atomic mass is 10.1. The first-order valence-corrected chi connectivity index (χ1v) is 5.92. The quantitative estimate of drug-likeness (QED) is 0.672. The van der Waals surface area contributed by atoms with E-state index in [4.69, 9.17) is 4.74 Å². The van der Waals surface area contributed by atoms with Crippen LogP contribution in [0.1, 0.15) is 33.1 Å². The van der Waals surface area contributed by atoms with Crippen LogP contribution >= 0.6 is 0 Å². The molecule has 0 N–H and O–H groups in total. The zero-order chi connectivity index (χ0) is 11.3. The SMILES string of the molecule is CC(C)OCCN(C)CC1CCCC1=O. The van der Waals surface area contributed by atoms with Gasteiger partial charge in [0.05, 0.1) is 12.7 Å². The molecule has 0 aromatic carbocycles. The number of hydrogen-bond donors (Lipinski definition) is 0. The Bertz CT molecular complexity index is 204. The van der Waals surface area contributed by atoms with E-state index in [1.54, 1.807) is 0 Å². The molecule has 1 aliphatic carbocycles. The van der Waals surface area contributed by atoms with E-state index in [-0.39, 0.29) is 5.92 Å². The standard InChI is InChI=1S/C12H23NO2/c1-10(2)15-8-7-13(3)9-11-5-4-6-12(11)14/h10-11H,4-9H2,1-3H3. The number of carbonyl (C=O) groups is 1. The molecule has 0 spiro atoms. The molecule has 0 amide bonds. The highest BCUT2D eigenvalue weighted by molar-refractivity contribution is 5.83. The van der Waals surface area contributed by atoms with Gasteiger partial charge in [-0.15, -0.1) is 0 Å². The summed E-state index contributed by atoms with van der Waals surface area (Å²) < 4.78 is 5.48. The first kappa shape index (κ1) is 12.7. The summed E-state index contributed by atoms with van der Waals surface area (Å²) >= 11 is 0. The number of rotatable bonds is 6. The average Bonchev–Trinajstić information content (AvgIpc) is 2.51. The van der Waals surface area contributed by atoms with Crippen LogP contribution in [0.15, 0.2) is 0 Å². The third-order valence-electron chi connectivity index (χ3n) is 2.89. The van der Waals surface area contributed by atoms with E-state index in [0.29, 0.717) is 11.9 Å². The summed E-state index contributed by atoms with van der Waals surface area (Å²) in [4.78, 5) is 13.6. The molecule has 0 aliphatic heterocycles. The van der Waals surface area contributed by atoms with Gasteiger partial charge in [0.15, 0.2) is 0 Å². The van der Waals surface area contributed by atoms with Gasteiger partial charge in [-0.1, -0.05) is 0 Å². The lowest BCUT2D eigenvalue weighted by Gasteiger charge is -2.20. The first-order valence-electron chi connectivity index (χ1n) is 5.92. The highest BCUT2D eigenvalue weighted by atomic mass is 16.5. The molecule has 88 valence electrons. The summed E-state index contributed by atoms with van der Waals surface area (Å²) in [5, 5.41) is 0. The predicted octanol–water partition coefficient (Wildman–Crippen LogP) is 1.71. The maximum absolute atomic E-state index is 11.4. The number of ether oxygens (including phenoxy) is 1. The van der Waals surface area contributed by atoms with Gasteiger partial charge >= 0.3 is 0 Å². The maximum Gasteiger partial charge on any atom is 0.137 e. The number of nitrogens with zero attached hydrogens (tertiary/aromatic N) is 1. The number of carbonyl (C=O) groups excluding carboxylic acids is 1. The van der Waals surface area contributed by atoms with Gasteiger partial charge in [-0.05, 0) is 33.7 Å². The molecule has 1 unspecified atom stereocenters. The molecule has 3 nitrogen and oxygen atoms in total. The summed E-state index contributed by atoms with van der Waals surface area (Å²) in [6, 6.07) is 0. The Morgan fingerprint density at radius 2 is 2.27 bits per heavy atom. The smallest absolute Gasteiger partial charge is 0.137 e. The van der Waals surface area contributed by atoms with Crippen molar-refractivity contribution in [3.05, 3.63) is 0 Å². The molecule has 0 saturated heterocycles. The van der Waals surface area contributed by atoms with Crippen molar-refractivity contribution in [3.8, 4) is 0 Å². The second-order valence-corrected chi connectivity index (χ2v) is 4.74. The van der Waals surface area contributed by atoms with Gasteiger partial charge in [0.1, 0.15) is 5.78 Å². The molecule has 0 radical (unpaired) electrons. The van der Waals surface area contributed by atoms with E-state index in [1.165, 1.54) is 0 Å². The van der Waals surface area contributed by atoms with E-state index in [2.05, 4.69) is 11.9 Å². The topological polar surface area (TPSA) is 29.5 Å². The molecule has 0 aromatic heterocycles. The summed E-state index contributed by atoms with van der Waals surface area (Å²) in [5.74, 6) is 0.737. The van der Waals surface area contributed by atoms with Crippen molar-refractivity contribution < 1.29 is 9.53 Å². The van der Waals surface area contributed by atoms with Gasteiger partial charge in [-0.25, -0.2) is 0 Å². The van der Waals surface area contributed by atoms with Gasteiger partial charge in [-0.2, -0.15) is 0 Å². The Kier molecular flexibility index (Phi) is 5.26. The van der Waals surface area contributed by atoms with Crippen LogP contribution in [0.25, 0.3) is 0 Å². The Balaban J connectivity index is 2.12. The molecule has 15 heavy (non-hydrogen) atoms. The number of ketones is 1. The van der Waals surface area contributed by atoms with Crippen molar-refractivity contribution in [3.63, 3.8) is 0 Å². The largest absolute Gasteiger partial charge is 0.377 e. The van der Waals surface area contributed by atoms with Crippen LogP contribution in [0.2, 0.25) is 0 Å². The van der Waals surface area contributed by atoms with Gasteiger partial charge in [-0.3, -0.25) is 4.79 Å². The van der Waals surface area contributed by atoms with E-state index in [0.717, 1.165) is 39.0 Å². The molecule has 1 saturated carbocycles. The highest BCUT2D eigenvalue weighted by Gasteiger charge is 2.25. The molecule has 1 atom stereocenters. The second kappa shape index (κ2) is 6.23. The average molecular weight is 213 g/mol. The second-order valence-electron chi connectivity index (χ2n) is 4.74. The van der Waals surface area contributed by atoms with Crippen molar-refractivity contribution in [2.75, 3.05) is 26.7 Å². The number of Topliss-reactive ketones (excluding diaryl/α,β-unsaturated/α-hetero) is 1. The lowest BCUT2D eigenvalue weighted by Crippen LogP contribution is -2.31. The Morgan fingerprint density at radius 1 is 1.53 bits per heavy atom. The predicted molar refractivity (Wildman–Crippen MR) is 60.9 cm³/mol. The van der Waals surface area contributed by atoms with Crippen LogP contribution in [-0.2, 0) is 9.53 Å². The molecular formula is C12H23NO2. The molecular weight excluding hydrogens is 190 g/mol. The molecule has 1 fully saturated rings. The zero-order valence-corrected chi connectivity index (χ0v) is 10.2. The van der Waals surface area contributed by atoms with Crippen LogP contribution in [0, 0.1) is 5.92 Å². The van der Waals surface area contributed by atoms with Crippen molar-refractivity contribution in [2.45, 2.75) is 39.2 Å². The van der Waals surface area contributed by atoms with E-state index < -0.39 is 0 Å². The summed E-state index contributed by atoms with van der Waals surface area (Å²) in [6.45, 7) is 6.66. The van der Waals surface area contributed by atoms with Gasteiger partial charge in [0, 0.05) is 25.4 Å². The van der Waals surface area contributed by atoms with Crippen molar-refractivity contribution in [1.29, 1.82) is 0 Å². The van der Waals surface area contributed by atoms with Crippen molar-refractivity contribution in [1.82, 2.24) is 4.90 Å². The van der Waals surface area contributed by atoms with Gasteiger partial charge in [0.25, 0.3) is 0 Å². The third kappa shape index (κ3) is 4.76. The van der Waals surface area contributed by atoms with Crippen LogP contribution in [0.3, 0.4) is 0 Å². The van der Waals surface area contributed by atoms with Gasteiger partial charge < -0.3 is 9.64 Å². The molecule has 1 aliphatic rings. The molecule has 0 heterocycles. The van der Waals surface area contributed by atoms with E-state index >= 15 is 0 Å². The van der Waals surface area contributed by atoms with Crippen LogP contribution in [-0.4, -0.2) is 43.5 Å². The van der Waals surface area contributed by atoms with Gasteiger partial charge in [0.2, 0.25) is 0 Å². The van der Waals surface area contributed by atoms with Crippen molar-refractivity contribution in [2.24, 2.45) is 5.92 Å². The monoisotopic (exact) mass is 213 g/mol. The third-order valence-corrected chi connectivity index (χ3v) is 2.89. The normalized spacial score (nSPS) is 21.9. The van der Waals surface area contributed by atoms with Crippen LogP contribution < -0.4 is 0 Å². The Labute approximate surface area is 92.8 Å². The summed E-state index contributed by atoms with van der Waals surface area (Å²) in [6.07, 6.45) is 3.25. The number of hydrogen-bond acceptors (Lipinski definition) is 3. The minimum absolute atomic E-state index is 0.286. The van der Waals surface area contributed by atoms with Crippen LogP contribution in [0.4, 0.5) is 0 Å². The molecule has 1 rings (SSSR count). The molecule has 0 aromatic rings. The molecule has 3 heteroatoms. The minimum atomic E-state index is 0.286. The van der Waals surface area contributed by atoms with E-state index in [1.807, 2.05) is 13.8 Å². The fourth-order valence-corrected chi connectivity index (χ4v) is 1.99. The maximum atomic E-state index is 11.4. The number of likely N-dealkylation sites (N-methyl/N-ethyl adjacent to an activating group) is 1. The van der Waals surface area contributed by atoms with Crippen molar-refractivity contribution >= 4 is 5.78 Å². The fraction of sp³-hybridized carbons (Fsp3) is 0.917. The fourth-order valence-electron chi connectivity index (χ4n) is 1.99. The Morgan fingerprint density at radius 3 is 2.80 bits per heavy atom. The minimum Gasteiger partial charge on any atom is -0.377 e.